The fourth-order valence-corrected chi connectivity index (χ4v) is 1.50. The molecular formula is C9H12N2O2. The first-order valence-electron chi connectivity index (χ1n) is 4.53. The summed E-state index contributed by atoms with van der Waals surface area (Å²) in [5.74, 6) is -0.380. The molecule has 1 aliphatic rings. The van der Waals surface area contributed by atoms with E-state index in [-0.39, 0.29) is 5.69 Å². The lowest BCUT2D eigenvalue weighted by Crippen LogP contribution is -2.03. The van der Waals surface area contributed by atoms with E-state index in [1.807, 2.05) is 6.92 Å². The predicted molar refractivity (Wildman–Crippen MR) is 46.8 cm³/mol. The number of rotatable bonds is 3. The molecule has 0 aliphatic heterocycles. The number of carbonyl (C=O) groups is 1. The van der Waals surface area contributed by atoms with Crippen molar-refractivity contribution >= 4 is 5.97 Å². The van der Waals surface area contributed by atoms with Crippen molar-refractivity contribution in [2.75, 3.05) is 0 Å². The van der Waals surface area contributed by atoms with Crippen LogP contribution in [-0.4, -0.2) is 20.9 Å². The van der Waals surface area contributed by atoms with Crippen LogP contribution in [0.25, 0.3) is 0 Å². The summed E-state index contributed by atoms with van der Waals surface area (Å²) in [6, 6.07) is 1.70. The smallest absolute Gasteiger partial charge is 0.356 e. The zero-order chi connectivity index (χ0) is 9.42. The van der Waals surface area contributed by atoms with Crippen molar-refractivity contribution < 1.29 is 9.90 Å². The second-order valence-electron chi connectivity index (χ2n) is 3.35. The van der Waals surface area contributed by atoms with Crippen LogP contribution >= 0.6 is 0 Å². The lowest BCUT2D eigenvalue weighted by molar-refractivity contribution is 0.0689. The van der Waals surface area contributed by atoms with Crippen LogP contribution in [0.15, 0.2) is 6.07 Å². The molecule has 1 aliphatic carbocycles. The maximum atomic E-state index is 10.6. The maximum absolute atomic E-state index is 10.6. The zero-order valence-corrected chi connectivity index (χ0v) is 7.53. The highest BCUT2D eigenvalue weighted by Crippen LogP contribution is 2.40. The molecule has 1 saturated carbocycles. The van der Waals surface area contributed by atoms with Crippen molar-refractivity contribution in [3.8, 4) is 0 Å². The van der Waals surface area contributed by atoms with E-state index in [1.54, 1.807) is 10.7 Å². The number of hydrogen-bond acceptors (Lipinski definition) is 2. The maximum Gasteiger partial charge on any atom is 0.356 e. The van der Waals surface area contributed by atoms with E-state index in [1.165, 1.54) is 12.8 Å². The van der Waals surface area contributed by atoms with E-state index in [9.17, 15) is 4.79 Å². The Morgan fingerprint density at radius 3 is 2.92 bits per heavy atom. The largest absolute Gasteiger partial charge is 0.476 e. The van der Waals surface area contributed by atoms with Gasteiger partial charge in [-0.15, -0.1) is 0 Å². The number of nitrogens with zero attached hydrogens (tertiary/aromatic N) is 2. The molecule has 0 radical (unpaired) electrons. The SMILES string of the molecule is CCn1nc(C(=O)O)cc1C1CC1. The van der Waals surface area contributed by atoms with Gasteiger partial charge in [0.15, 0.2) is 5.69 Å². The first-order chi connectivity index (χ1) is 6.22. The molecule has 0 atom stereocenters. The van der Waals surface area contributed by atoms with Gasteiger partial charge in [0.1, 0.15) is 0 Å². The minimum atomic E-state index is -0.936. The zero-order valence-electron chi connectivity index (χ0n) is 7.53. The highest BCUT2D eigenvalue weighted by Gasteiger charge is 2.28. The molecule has 13 heavy (non-hydrogen) atoms. The Hall–Kier alpha value is -1.32. The molecule has 0 spiro atoms. The van der Waals surface area contributed by atoms with Gasteiger partial charge in [0.25, 0.3) is 0 Å². The highest BCUT2D eigenvalue weighted by molar-refractivity contribution is 5.85. The van der Waals surface area contributed by atoms with Crippen molar-refractivity contribution in [3.05, 3.63) is 17.5 Å². The summed E-state index contributed by atoms with van der Waals surface area (Å²) >= 11 is 0. The summed E-state index contributed by atoms with van der Waals surface area (Å²) in [7, 11) is 0. The van der Waals surface area contributed by atoms with E-state index < -0.39 is 5.97 Å². The molecule has 1 fully saturated rings. The van der Waals surface area contributed by atoms with Crippen LogP contribution in [0.4, 0.5) is 0 Å². The second kappa shape index (κ2) is 2.87. The van der Waals surface area contributed by atoms with Gasteiger partial charge in [-0.05, 0) is 25.8 Å². The van der Waals surface area contributed by atoms with Gasteiger partial charge in [-0.25, -0.2) is 4.79 Å². The number of hydrogen-bond donors (Lipinski definition) is 1. The predicted octanol–water partition coefficient (Wildman–Crippen LogP) is 1.48. The molecule has 1 aromatic rings. The molecule has 4 heteroatoms. The number of aromatic nitrogens is 2. The van der Waals surface area contributed by atoms with Crippen molar-refractivity contribution in [2.45, 2.75) is 32.2 Å². The van der Waals surface area contributed by atoms with Gasteiger partial charge in [-0.3, -0.25) is 4.68 Å². The van der Waals surface area contributed by atoms with Gasteiger partial charge < -0.3 is 5.11 Å². The normalized spacial score (nSPS) is 16.1. The van der Waals surface area contributed by atoms with E-state index in [0.29, 0.717) is 5.92 Å². The fourth-order valence-electron chi connectivity index (χ4n) is 1.50. The Morgan fingerprint density at radius 2 is 2.46 bits per heavy atom. The lowest BCUT2D eigenvalue weighted by atomic mass is 10.2. The number of aryl methyl sites for hydroxylation is 1. The molecule has 1 N–H and O–H groups in total. The van der Waals surface area contributed by atoms with Gasteiger partial charge in [0.2, 0.25) is 0 Å². The number of carboxylic acid groups (broad SMARTS) is 1. The third-order valence-corrected chi connectivity index (χ3v) is 2.33. The molecular weight excluding hydrogens is 168 g/mol. The molecule has 0 aromatic carbocycles. The highest BCUT2D eigenvalue weighted by atomic mass is 16.4. The van der Waals surface area contributed by atoms with Crippen LogP contribution in [0.5, 0.6) is 0 Å². The minimum absolute atomic E-state index is 0.170. The van der Waals surface area contributed by atoms with Crippen molar-refractivity contribution in [2.24, 2.45) is 0 Å². The molecule has 1 aromatic heterocycles. The molecule has 2 rings (SSSR count). The number of carboxylic acids is 1. The Balaban J connectivity index is 2.36. The summed E-state index contributed by atoms with van der Waals surface area (Å²) < 4.78 is 1.79. The van der Waals surface area contributed by atoms with Crippen LogP contribution in [0.1, 0.15) is 41.9 Å². The Kier molecular flexibility index (Phi) is 1.83. The first-order valence-corrected chi connectivity index (χ1v) is 4.53. The lowest BCUT2D eigenvalue weighted by Gasteiger charge is -2.00. The molecule has 4 nitrogen and oxygen atoms in total. The third kappa shape index (κ3) is 1.43. The first kappa shape index (κ1) is 8.29. The topological polar surface area (TPSA) is 55.1 Å². The van der Waals surface area contributed by atoms with E-state index >= 15 is 0 Å². The summed E-state index contributed by atoms with van der Waals surface area (Å²) in [4.78, 5) is 10.6. The van der Waals surface area contributed by atoms with E-state index in [2.05, 4.69) is 5.10 Å². The van der Waals surface area contributed by atoms with E-state index in [4.69, 9.17) is 5.11 Å². The fraction of sp³-hybridized carbons (Fsp3) is 0.556. The molecule has 1 heterocycles. The third-order valence-electron chi connectivity index (χ3n) is 2.33. The van der Waals surface area contributed by atoms with Crippen LogP contribution in [0.3, 0.4) is 0 Å². The van der Waals surface area contributed by atoms with Gasteiger partial charge >= 0.3 is 5.97 Å². The summed E-state index contributed by atoms with van der Waals surface area (Å²) in [5.41, 5.74) is 1.25. The standard InChI is InChI=1S/C9H12N2O2/c1-2-11-8(6-3-4-6)5-7(10-11)9(12)13/h5-6H,2-4H2,1H3,(H,12,13). The molecule has 0 saturated heterocycles. The average Bonchev–Trinajstić information content (AvgIpc) is 2.84. The van der Waals surface area contributed by atoms with Crippen LogP contribution < -0.4 is 0 Å². The second-order valence-corrected chi connectivity index (χ2v) is 3.35. The monoisotopic (exact) mass is 180 g/mol. The molecule has 0 unspecified atom stereocenters. The van der Waals surface area contributed by atoms with Crippen LogP contribution in [-0.2, 0) is 6.54 Å². The van der Waals surface area contributed by atoms with Gasteiger partial charge in [-0.2, -0.15) is 5.10 Å². The average molecular weight is 180 g/mol. The quantitative estimate of drug-likeness (QED) is 0.766. The van der Waals surface area contributed by atoms with Crippen LogP contribution in [0.2, 0.25) is 0 Å². The van der Waals surface area contributed by atoms with Gasteiger partial charge in [0, 0.05) is 18.2 Å². The van der Waals surface area contributed by atoms with Gasteiger partial charge in [0.05, 0.1) is 0 Å². The van der Waals surface area contributed by atoms with Gasteiger partial charge in [-0.1, -0.05) is 0 Å². The molecule has 0 amide bonds. The molecule has 70 valence electrons. The Morgan fingerprint density at radius 1 is 1.77 bits per heavy atom. The van der Waals surface area contributed by atoms with Crippen molar-refractivity contribution in [3.63, 3.8) is 0 Å². The number of aromatic carboxylic acids is 1. The molecule has 0 bridgehead atoms. The van der Waals surface area contributed by atoms with Crippen molar-refractivity contribution in [1.29, 1.82) is 0 Å². The minimum Gasteiger partial charge on any atom is -0.476 e. The Labute approximate surface area is 76.2 Å². The summed E-state index contributed by atoms with van der Waals surface area (Å²) in [5, 5.41) is 12.8. The van der Waals surface area contributed by atoms with Crippen molar-refractivity contribution in [1.82, 2.24) is 9.78 Å². The summed E-state index contributed by atoms with van der Waals surface area (Å²) in [6.45, 7) is 2.73. The van der Waals surface area contributed by atoms with Crippen LogP contribution in [0, 0.1) is 0 Å². The summed E-state index contributed by atoms with van der Waals surface area (Å²) in [6.07, 6.45) is 2.34. The Bertz CT molecular complexity index is 339. The van der Waals surface area contributed by atoms with E-state index in [0.717, 1.165) is 12.2 Å².